The monoisotopic (exact) mass is 325 g/mol. The van der Waals surface area contributed by atoms with Crippen molar-refractivity contribution in [1.82, 2.24) is 10.3 Å². The van der Waals surface area contributed by atoms with Crippen LogP contribution in [0.3, 0.4) is 0 Å². The van der Waals surface area contributed by atoms with Gasteiger partial charge in [-0.1, -0.05) is 6.07 Å². The minimum Gasteiger partial charge on any atom is -0.481 e. The number of nitrogens with zero attached hydrogens (tertiary/aromatic N) is 1. The van der Waals surface area contributed by atoms with E-state index in [1.165, 1.54) is 22.7 Å². The van der Waals surface area contributed by atoms with E-state index in [0.717, 1.165) is 4.88 Å². The van der Waals surface area contributed by atoms with Gasteiger partial charge in [0.1, 0.15) is 10.7 Å². The van der Waals surface area contributed by atoms with Crippen LogP contribution in [-0.4, -0.2) is 22.0 Å². The number of aliphatic carboxylic acids is 1. The molecule has 8 heteroatoms. The largest absolute Gasteiger partial charge is 0.481 e. The standard InChI is InChI=1S/C13H15N3O3S2/c1-7(14)13-16-9(6-21-13)12(19)15-8(5-11(17)18)10-3-2-4-20-10/h2-4,6-8H,5,14H2,1H3,(H,15,19)(H,17,18). The maximum Gasteiger partial charge on any atom is 0.305 e. The molecule has 112 valence electrons. The molecule has 0 aliphatic carbocycles. The first-order valence-electron chi connectivity index (χ1n) is 6.24. The predicted molar refractivity (Wildman–Crippen MR) is 81.5 cm³/mol. The molecule has 0 aliphatic heterocycles. The summed E-state index contributed by atoms with van der Waals surface area (Å²) >= 11 is 2.72. The molecule has 2 atom stereocenters. The van der Waals surface area contributed by atoms with Crippen molar-refractivity contribution in [2.45, 2.75) is 25.4 Å². The van der Waals surface area contributed by atoms with Crippen LogP contribution in [0.4, 0.5) is 0 Å². The third kappa shape index (κ3) is 4.10. The highest BCUT2D eigenvalue weighted by Crippen LogP contribution is 2.23. The minimum absolute atomic E-state index is 0.170. The number of hydrogen-bond donors (Lipinski definition) is 3. The van der Waals surface area contributed by atoms with Crippen LogP contribution in [0.2, 0.25) is 0 Å². The van der Waals surface area contributed by atoms with Crippen LogP contribution in [0.25, 0.3) is 0 Å². The average Bonchev–Trinajstić information content (AvgIpc) is 3.09. The number of nitrogens with one attached hydrogen (secondary N) is 1. The summed E-state index contributed by atoms with van der Waals surface area (Å²) in [5.41, 5.74) is 5.97. The maximum absolute atomic E-state index is 12.2. The number of amides is 1. The van der Waals surface area contributed by atoms with Crippen LogP contribution in [0.1, 0.15) is 45.8 Å². The van der Waals surface area contributed by atoms with Gasteiger partial charge in [0, 0.05) is 10.3 Å². The number of rotatable bonds is 6. The topological polar surface area (TPSA) is 105 Å². The van der Waals surface area contributed by atoms with E-state index in [2.05, 4.69) is 10.3 Å². The molecule has 2 rings (SSSR count). The second-order valence-electron chi connectivity index (χ2n) is 4.50. The predicted octanol–water partition coefficient (Wildman–Crippen LogP) is 2.17. The Balaban J connectivity index is 2.12. The summed E-state index contributed by atoms with van der Waals surface area (Å²) in [5, 5.41) is 15.8. The SMILES string of the molecule is CC(N)c1nc(C(=O)NC(CC(=O)O)c2cccs2)cs1. The average molecular weight is 325 g/mol. The van der Waals surface area contributed by atoms with Crippen LogP contribution in [-0.2, 0) is 4.79 Å². The molecule has 0 aromatic carbocycles. The lowest BCUT2D eigenvalue weighted by atomic mass is 10.1. The molecular formula is C13H15N3O3S2. The van der Waals surface area contributed by atoms with Gasteiger partial charge in [0.15, 0.2) is 0 Å². The molecule has 0 bridgehead atoms. The first-order chi connectivity index (χ1) is 9.97. The molecule has 0 radical (unpaired) electrons. The van der Waals surface area contributed by atoms with Crippen molar-refractivity contribution in [3.05, 3.63) is 38.5 Å². The Morgan fingerprint density at radius 3 is 2.76 bits per heavy atom. The van der Waals surface area contributed by atoms with E-state index < -0.39 is 17.9 Å². The molecule has 0 aliphatic rings. The van der Waals surface area contributed by atoms with Gasteiger partial charge in [0.05, 0.1) is 18.5 Å². The van der Waals surface area contributed by atoms with Crippen LogP contribution >= 0.6 is 22.7 Å². The zero-order valence-corrected chi connectivity index (χ0v) is 12.9. The number of hydrogen-bond acceptors (Lipinski definition) is 6. The Labute approximate surface area is 129 Å². The summed E-state index contributed by atoms with van der Waals surface area (Å²) in [6, 6.07) is 2.82. The molecule has 2 aromatic rings. The third-order valence-electron chi connectivity index (χ3n) is 2.71. The van der Waals surface area contributed by atoms with Crippen molar-refractivity contribution in [3.8, 4) is 0 Å². The van der Waals surface area contributed by atoms with Gasteiger partial charge in [0.25, 0.3) is 5.91 Å². The van der Waals surface area contributed by atoms with Crippen LogP contribution in [0, 0.1) is 0 Å². The third-order valence-corrected chi connectivity index (χ3v) is 4.75. The van der Waals surface area contributed by atoms with Gasteiger partial charge in [-0.2, -0.15) is 0 Å². The van der Waals surface area contributed by atoms with E-state index in [0.29, 0.717) is 5.01 Å². The van der Waals surface area contributed by atoms with Crippen molar-refractivity contribution in [2.24, 2.45) is 5.73 Å². The highest BCUT2D eigenvalue weighted by molar-refractivity contribution is 7.10. The van der Waals surface area contributed by atoms with Gasteiger partial charge in [0.2, 0.25) is 0 Å². The van der Waals surface area contributed by atoms with E-state index >= 15 is 0 Å². The summed E-state index contributed by atoms with van der Waals surface area (Å²) < 4.78 is 0. The Morgan fingerprint density at radius 2 is 2.24 bits per heavy atom. The molecule has 0 saturated heterocycles. The van der Waals surface area contributed by atoms with Gasteiger partial charge >= 0.3 is 5.97 Å². The molecule has 4 N–H and O–H groups in total. The summed E-state index contributed by atoms with van der Waals surface area (Å²) in [6.07, 6.45) is -0.170. The van der Waals surface area contributed by atoms with Gasteiger partial charge in [-0.15, -0.1) is 22.7 Å². The minimum atomic E-state index is -0.969. The molecule has 2 unspecified atom stereocenters. The smallest absolute Gasteiger partial charge is 0.305 e. The summed E-state index contributed by atoms with van der Waals surface area (Å²) in [5.74, 6) is -1.36. The van der Waals surface area contributed by atoms with Gasteiger partial charge in [-0.3, -0.25) is 9.59 Å². The Morgan fingerprint density at radius 1 is 1.48 bits per heavy atom. The van der Waals surface area contributed by atoms with E-state index in [1.807, 2.05) is 11.4 Å². The molecule has 0 spiro atoms. The van der Waals surface area contributed by atoms with Gasteiger partial charge < -0.3 is 16.2 Å². The highest BCUT2D eigenvalue weighted by Gasteiger charge is 2.21. The number of carbonyl (C=O) groups excluding carboxylic acids is 1. The van der Waals surface area contributed by atoms with Gasteiger partial charge in [-0.25, -0.2) is 4.98 Å². The van der Waals surface area contributed by atoms with Crippen molar-refractivity contribution >= 4 is 34.6 Å². The number of carboxylic acid groups (broad SMARTS) is 1. The fraction of sp³-hybridized carbons (Fsp3) is 0.308. The van der Waals surface area contributed by atoms with Crippen LogP contribution in [0.5, 0.6) is 0 Å². The second kappa shape index (κ2) is 6.79. The van der Waals surface area contributed by atoms with Crippen LogP contribution in [0.15, 0.2) is 22.9 Å². The number of carbonyl (C=O) groups is 2. The fourth-order valence-corrected chi connectivity index (χ4v) is 3.26. The normalized spacial score (nSPS) is 13.6. The summed E-state index contributed by atoms with van der Waals surface area (Å²) in [4.78, 5) is 28.1. The number of thiophene rings is 1. The maximum atomic E-state index is 12.2. The van der Waals surface area contributed by atoms with Crippen molar-refractivity contribution < 1.29 is 14.7 Å². The fourth-order valence-electron chi connectivity index (χ4n) is 1.72. The number of carboxylic acids is 1. The zero-order valence-electron chi connectivity index (χ0n) is 11.3. The summed E-state index contributed by atoms with van der Waals surface area (Å²) in [7, 11) is 0. The molecule has 2 aromatic heterocycles. The number of aromatic nitrogens is 1. The molecule has 6 nitrogen and oxygen atoms in total. The number of nitrogens with two attached hydrogens (primary N) is 1. The summed E-state index contributed by atoms with van der Waals surface area (Å²) in [6.45, 7) is 1.79. The Hall–Kier alpha value is -1.77. The molecule has 0 fully saturated rings. The van der Waals surface area contributed by atoms with Crippen molar-refractivity contribution in [2.75, 3.05) is 0 Å². The van der Waals surface area contributed by atoms with E-state index in [1.54, 1.807) is 18.4 Å². The molecule has 2 heterocycles. The molecule has 0 saturated carbocycles. The molecule has 21 heavy (non-hydrogen) atoms. The zero-order chi connectivity index (χ0) is 15.4. The lowest BCUT2D eigenvalue weighted by Crippen LogP contribution is -2.30. The quantitative estimate of drug-likeness (QED) is 0.755. The van der Waals surface area contributed by atoms with E-state index in [4.69, 9.17) is 10.8 Å². The van der Waals surface area contributed by atoms with Crippen molar-refractivity contribution in [3.63, 3.8) is 0 Å². The van der Waals surface area contributed by atoms with Crippen LogP contribution < -0.4 is 11.1 Å². The highest BCUT2D eigenvalue weighted by atomic mass is 32.1. The lowest BCUT2D eigenvalue weighted by molar-refractivity contribution is -0.137. The number of thiazole rings is 1. The van der Waals surface area contributed by atoms with E-state index in [9.17, 15) is 9.59 Å². The Kier molecular flexibility index (Phi) is 5.05. The molecule has 1 amide bonds. The lowest BCUT2D eigenvalue weighted by Gasteiger charge is -2.14. The van der Waals surface area contributed by atoms with Crippen molar-refractivity contribution in [1.29, 1.82) is 0 Å². The molecular weight excluding hydrogens is 310 g/mol. The van der Waals surface area contributed by atoms with Gasteiger partial charge in [-0.05, 0) is 18.4 Å². The first kappa shape index (κ1) is 15.6. The Bertz CT molecular complexity index is 622. The first-order valence-corrected chi connectivity index (χ1v) is 8.00. The van der Waals surface area contributed by atoms with E-state index in [-0.39, 0.29) is 18.2 Å². The second-order valence-corrected chi connectivity index (χ2v) is 6.37.